The molecule has 0 radical (unpaired) electrons. The largest absolute Gasteiger partial charge is 0.483 e. The van der Waals surface area contributed by atoms with Gasteiger partial charge in [-0.05, 0) is 31.2 Å². The lowest BCUT2D eigenvalue weighted by Gasteiger charge is -2.26. The maximum Gasteiger partial charge on any atom is 0.405 e. The lowest BCUT2D eigenvalue weighted by molar-refractivity contribution is -0.137. The number of benzene rings is 2. The molecule has 2 amide bonds. The summed E-state index contributed by atoms with van der Waals surface area (Å²) in [7, 11) is 0. The van der Waals surface area contributed by atoms with Crippen molar-refractivity contribution in [3.8, 4) is 11.4 Å². The summed E-state index contributed by atoms with van der Waals surface area (Å²) < 4.78 is 12.4. The van der Waals surface area contributed by atoms with Gasteiger partial charge in [0.05, 0.1) is 30.5 Å². The first-order valence-corrected chi connectivity index (χ1v) is 10.5. The second-order valence-corrected chi connectivity index (χ2v) is 7.55. The predicted octanol–water partition coefficient (Wildman–Crippen LogP) is 1.95. The van der Waals surface area contributed by atoms with Crippen LogP contribution in [0.4, 0.5) is 4.79 Å². The fourth-order valence-corrected chi connectivity index (χ4v) is 3.75. The van der Waals surface area contributed by atoms with Gasteiger partial charge in [0.15, 0.2) is 6.61 Å². The number of amides is 2. The molecular formula is C23H24N4O6. The Kier molecular flexibility index (Phi) is 6.55. The standard InChI is InChI=1S/C23H24N4O6/c1-15(24-23(30)31)21-25-17-8-5-9-18(33-14-19(28)26-10-12-32-13-11-26)20(17)22(29)27(21)16-6-3-2-4-7-16/h2-9,15,24H,10-14H2,1H3,(H,30,31). The van der Waals surface area contributed by atoms with Crippen LogP contribution in [0.25, 0.3) is 16.6 Å². The van der Waals surface area contributed by atoms with Gasteiger partial charge in [-0.15, -0.1) is 0 Å². The van der Waals surface area contributed by atoms with E-state index in [4.69, 9.17) is 9.47 Å². The summed E-state index contributed by atoms with van der Waals surface area (Å²) in [6.45, 7) is 3.36. The number of nitrogens with zero attached hydrogens (tertiary/aromatic N) is 3. The number of aromatic nitrogens is 2. The van der Waals surface area contributed by atoms with Crippen molar-refractivity contribution >= 4 is 22.9 Å². The van der Waals surface area contributed by atoms with Gasteiger partial charge in [-0.2, -0.15) is 0 Å². The van der Waals surface area contributed by atoms with Crippen molar-refractivity contribution in [2.45, 2.75) is 13.0 Å². The highest BCUT2D eigenvalue weighted by Gasteiger charge is 2.22. The minimum atomic E-state index is -1.23. The van der Waals surface area contributed by atoms with E-state index in [2.05, 4.69) is 10.3 Å². The molecule has 2 heterocycles. The van der Waals surface area contributed by atoms with Gasteiger partial charge in [-0.25, -0.2) is 9.78 Å². The minimum Gasteiger partial charge on any atom is -0.483 e. The average Bonchev–Trinajstić information content (AvgIpc) is 2.83. The third kappa shape index (κ3) is 4.80. The van der Waals surface area contributed by atoms with Crippen LogP contribution in [0.2, 0.25) is 0 Å². The van der Waals surface area contributed by atoms with Crippen LogP contribution in [0.15, 0.2) is 53.3 Å². The van der Waals surface area contributed by atoms with E-state index in [-0.39, 0.29) is 29.5 Å². The molecule has 2 aromatic carbocycles. The van der Waals surface area contributed by atoms with Gasteiger partial charge in [0.2, 0.25) is 0 Å². The fourth-order valence-electron chi connectivity index (χ4n) is 3.75. The Morgan fingerprint density at radius 3 is 2.58 bits per heavy atom. The third-order valence-corrected chi connectivity index (χ3v) is 5.34. The van der Waals surface area contributed by atoms with Crippen LogP contribution in [0, 0.1) is 0 Å². The van der Waals surface area contributed by atoms with Crippen molar-refractivity contribution in [3.63, 3.8) is 0 Å². The monoisotopic (exact) mass is 452 g/mol. The second kappa shape index (κ2) is 9.70. The van der Waals surface area contributed by atoms with E-state index in [1.54, 1.807) is 54.3 Å². The van der Waals surface area contributed by atoms with Crippen LogP contribution in [0.5, 0.6) is 5.75 Å². The zero-order valence-corrected chi connectivity index (χ0v) is 18.1. The summed E-state index contributed by atoms with van der Waals surface area (Å²) in [6, 6.07) is 13.0. The SMILES string of the molecule is CC(NC(=O)O)c1nc2cccc(OCC(=O)N3CCOCC3)c2c(=O)n1-c1ccccc1. The highest BCUT2D eigenvalue weighted by atomic mass is 16.5. The molecule has 33 heavy (non-hydrogen) atoms. The number of morpholine rings is 1. The maximum atomic E-state index is 13.7. The zero-order valence-electron chi connectivity index (χ0n) is 18.1. The molecule has 1 atom stereocenters. The second-order valence-electron chi connectivity index (χ2n) is 7.55. The molecule has 0 aliphatic carbocycles. The van der Waals surface area contributed by atoms with E-state index in [1.165, 1.54) is 4.57 Å². The zero-order chi connectivity index (χ0) is 23.4. The van der Waals surface area contributed by atoms with Crippen LogP contribution in [-0.2, 0) is 9.53 Å². The van der Waals surface area contributed by atoms with Crippen LogP contribution in [-0.4, -0.2) is 64.5 Å². The summed E-state index contributed by atoms with van der Waals surface area (Å²) in [4.78, 5) is 43.6. The van der Waals surface area contributed by atoms with Gasteiger partial charge in [0.25, 0.3) is 11.5 Å². The average molecular weight is 452 g/mol. The lowest BCUT2D eigenvalue weighted by atomic mass is 10.2. The number of ether oxygens (including phenoxy) is 2. The van der Waals surface area contributed by atoms with Crippen molar-refractivity contribution in [3.05, 3.63) is 64.7 Å². The summed E-state index contributed by atoms with van der Waals surface area (Å²) in [5.74, 6) is 0.284. The number of carboxylic acid groups (broad SMARTS) is 1. The van der Waals surface area contributed by atoms with E-state index in [9.17, 15) is 19.5 Å². The summed E-state index contributed by atoms with van der Waals surface area (Å²) in [6.07, 6.45) is -1.23. The molecule has 0 spiro atoms. The molecule has 10 heteroatoms. The number of fused-ring (bicyclic) bond motifs is 1. The minimum absolute atomic E-state index is 0.192. The molecular weight excluding hydrogens is 428 g/mol. The van der Waals surface area contributed by atoms with Gasteiger partial charge in [-0.1, -0.05) is 24.3 Å². The quantitative estimate of drug-likeness (QED) is 0.586. The van der Waals surface area contributed by atoms with Crippen molar-refractivity contribution in [2.24, 2.45) is 0 Å². The van der Waals surface area contributed by atoms with Crippen molar-refractivity contribution in [1.29, 1.82) is 0 Å². The summed E-state index contributed by atoms with van der Waals surface area (Å²) in [5, 5.41) is 11.7. The van der Waals surface area contributed by atoms with Crippen LogP contribution in [0.3, 0.4) is 0 Å². The smallest absolute Gasteiger partial charge is 0.405 e. The van der Waals surface area contributed by atoms with Gasteiger partial charge in [0, 0.05) is 13.1 Å². The number of carbonyl (C=O) groups is 2. The van der Waals surface area contributed by atoms with Gasteiger partial charge in [0.1, 0.15) is 17.0 Å². The summed E-state index contributed by atoms with van der Waals surface area (Å²) >= 11 is 0. The number of para-hydroxylation sites is 1. The fraction of sp³-hybridized carbons (Fsp3) is 0.304. The Bertz CT molecular complexity index is 1220. The van der Waals surface area contributed by atoms with Crippen LogP contribution >= 0.6 is 0 Å². The predicted molar refractivity (Wildman–Crippen MR) is 120 cm³/mol. The Labute approximate surface area is 189 Å². The molecule has 1 aliphatic rings. The molecule has 1 saturated heterocycles. The van der Waals surface area contributed by atoms with E-state index < -0.39 is 17.7 Å². The Morgan fingerprint density at radius 1 is 1.15 bits per heavy atom. The van der Waals surface area contributed by atoms with E-state index in [1.807, 2.05) is 6.07 Å². The Hall–Kier alpha value is -3.92. The molecule has 1 aromatic heterocycles. The first-order chi connectivity index (χ1) is 16.0. The highest BCUT2D eigenvalue weighted by Crippen LogP contribution is 2.24. The summed E-state index contributed by atoms with van der Waals surface area (Å²) in [5.41, 5.74) is 0.456. The molecule has 1 aliphatic heterocycles. The third-order valence-electron chi connectivity index (χ3n) is 5.34. The molecule has 0 saturated carbocycles. The number of hydrogen-bond acceptors (Lipinski definition) is 6. The van der Waals surface area contributed by atoms with Gasteiger partial charge >= 0.3 is 6.09 Å². The van der Waals surface area contributed by atoms with Crippen LogP contribution in [0.1, 0.15) is 18.8 Å². The number of carbonyl (C=O) groups excluding carboxylic acids is 1. The van der Waals surface area contributed by atoms with Crippen molar-refractivity contribution < 1.29 is 24.2 Å². The highest BCUT2D eigenvalue weighted by molar-refractivity contribution is 5.85. The number of hydrogen-bond donors (Lipinski definition) is 2. The first-order valence-electron chi connectivity index (χ1n) is 10.5. The molecule has 0 bridgehead atoms. The molecule has 2 N–H and O–H groups in total. The van der Waals surface area contributed by atoms with Gasteiger partial charge < -0.3 is 24.8 Å². The van der Waals surface area contributed by atoms with Gasteiger partial charge in [-0.3, -0.25) is 14.2 Å². The van der Waals surface area contributed by atoms with E-state index in [0.717, 1.165) is 0 Å². The van der Waals surface area contributed by atoms with E-state index in [0.29, 0.717) is 37.5 Å². The molecule has 10 nitrogen and oxygen atoms in total. The maximum absolute atomic E-state index is 13.7. The Balaban J connectivity index is 1.77. The molecule has 4 rings (SSSR count). The molecule has 1 fully saturated rings. The van der Waals surface area contributed by atoms with Crippen LogP contribution < -0.4 is 15.6 Å². The van der Waals surface area contributed by atoms with E-state index >= 15 is 0 Å². The Morgan fingerprint density at radius 2 is 1.88 bits per heavy atom. The molecule has 172 valence electrons. The normalized spacial score (nSPS) is 14.6. The van der Waals surface area contributed by atoms with Crippen molar-refractivity contribution in [2.75, 3.05) is 32.9 Å². The number of rotatable bonds is 6. The number of nitrogens with one attached hydrogen (secondary N) is 1. The van der Waals surface area contributed by atoms with Crippen molar-refractivity contribution in [1.82, 2.24) is 19.8 Å². The molecule has 3 aromatic rings. The topological polar surface area (TPSA) is 123 Å². The first kappa shape index (κ1) is 22.3. The molecule has 1 unspecified atom stereocenters. The lowest BCUT2D eigenvalue weighted by Crippen LogP contribution is -2.43.